The smallest absolute Gasteiger partial charge is 0.416 e. The van der Waals surface area contributed by atoms with Crippen molar-refractivity contribution in [1.29, 1.82) is 0 Å². The molecule has 6 rings (SSSR count). The SMILES string of the molecule is CNC(=O)c1cc(Oc2cccc(CCC(=O)Nc3cc(N)cc(C(F)(F)F)c3)c2)ccn1.CNC(=O)c1cc(Oc2cccc(CCC(=O)Nc3cc([N+](=O)[O-])cc(C(F)(F)F)c3)c2)ccn1. The highest BCUT2D eigenvalue weighted by Gasteiger charge is 2.33. The number of nitro benzene ring substituents is 1. The number of nitrogen functional groups attached to an aromatic ring is 1. The van der Waals surface area contributed by atoms with Gasteiger partial charge in [-0.15, -0.1) is 0 Å². The van der Waals surface area contributed by atoms with Gasteiger partial charge < -0.3 is 36.5 Å². The molecule has 16 nitrogen and oxygen atoms in total. The maximum atomic E-state index is 13.0. The van der Waals surface area contributed by atoms with E-state index in [1.165, 1.54) is 44.7 Å². The van der Waals surface area contributed by atoms with Crippen LogP contribution in [0.3, 0.4) is 0 Å². The minimum absolute atomic E-state index is 0.0194. The Bertz CT molecular complexity index is 2810. The molecule has 4 amide bonds. The molecule has 6 N–H and O–H groups in total. The summed E-state index contributed by atoms with van der Waals surface area (Å²) in [5.41, 5.74) is 4.00. The maximum Gasteiger partial charge on any atom is 0.416 e. The van der Waals surface area contributed by atoms with Crippen molar-refractivity contribution in [2.45, 2.75) is 38.0 Å². The summed E-state index contributed by atoms with van der Waals surface area (Å²) in [6.45, 7) is 0. The van der Waals surface area contributed by atoms with Gasteiger partial charge in [-0.2, -0.15) is 26.3 Å². The lowest BCUT2D eigenvalue weighted by Gasteiger charge is -2.12. The number of ether oxygens (including phenoxy) is 2. The molecule has 2 heterocycles. The minimum atomic E-state index is -4.80. The van der Waals surface area contributed by atoms with Gasteiger partial charge in [-0.25, -0.2) is 0 Å². The Hall–Kier alpha value is -8.56. The van der Waals surface area contributed by atoms with Crippen LogP contribution in [0.15, 0.2) is 122 Å². The number of aryl methyl sites for hydroxylation is 2. The van der Waals surface area contributed by atoms with Crippen molar-refractivity contribution in [3.63, 3.8) is 0 Å². The Kier molecular flexibility index (Phi) is 16.7. The van der Waals surface area contributed by atoms with Gasteiger partial charge in [-0.3, -0.25) is 39.3 Å². The van der Waals surface area contributed by atoms with E-state index in [0.29, 0.717) is 47.1 Å². The molecule has 0 aliphatic rings. The highest BCUT2D eigenvalue weighted by molar-refractivity contribution is 5.93. The Morgan fingerprint density at radius 2 is 1.03 bits per heavy atom. The van der Waals surface area contributed by atoms with Crippen LogP contribution in [0.25, 0.3) is 0 Å². The highest BCUT2D eigenvalue weighted by Crippen LogP contribution is 2.35. The van der Waals surface area contributed by atoms with Crippen LogP contribution in [-0.2, 0) is 34.8 Å². The molecule has 68 heavy (non-hydrogen) atoms. The van der Waals surface area contributed by atoms with Crippen LogP contribution in [0.1, 0.15) is 56.1 Å². The number of carbonyl (C=O) groups is 4. The average Bonchev–Trinajstić information content (AvgIpc) is 3.29. The third kappa shape index (κ3) is 15.3. The molecule has 0 radical (unpaired) electrons. The monoisotopic (exact) mass is 946 g/mol. The number of nitrogens with one attached hydrogen (secondary N) is 4. The lowest BCUT2D eigenvalue weighted by atomic mass is 10.1. The van der Waals surface area contributed by atoms with Gasteiger partial charge in [0.15, 0.2) is 0 Å². The van der Waals surface area contributed by atoms with E-state index in [1.807, 2.05) is 0 Å². The molecular weight excluding hydrogens is 907 g/mol. The lowest BCUT2D eigenvalue weighted by Crippen LogP contribution is -2.18. The summed E-state index contributed by atoms with van der Waals surface area (Å²) in [6.07, 6.45) is -5.99. The molecule has 4 aromatic carbocycles. The molecule has 0 aliphatic heterocycles. The first-order valence-corrected chi connectivity index (χ1v) is 20.0. The zero-order valence-corrected chi connectivity index (χ0v) is 35.8. The number of nitro groups is 1. The number of halogens is 6. The number of alkyl halides is 6. The summed E-state index contributed by atoms with van der Waals surface area (Å²) in [5, 5.41) is 20.6. The van der Waals surface area contributed by atoms with Gasteiger partial charge in [-0.1, -0.05) is 24.3 Å². The molecule has 0 saturated carbocycles. The minimum Gasteiger partial charge on any atom is -0.457 e. The molecule has 0 saturated heterocycles. The largest absolute Gasteiger partial charge is 0.457 e. The van der Waals surface area contributed by atoms with E-state index in [9.17, 15) is 55.6 Å². The van der Waals surface area contributed by atoms with Crippen LogP contribution in [0, 0.1) is 10.1 Å². The number of rotatable bonds is 15. The Morgan fingerprint density at radius 1 is 0.603 bits per heavy atom. The Labute approximate surface area is 383 Å². The quantitative estimate of drug-likeness (QED) is 0.0282. The summed E-state index contributed by atoms with van der Waals surface area (Å²) in [6, 6.07) is 24.7. The Balaban J connectivity index is 0.000000255. The average molecular weight is 947 g/mol. The number of benzene rings is 4. The van der Waals surface area contributed by atoms with Gasteiger partial charge in [0.2, 0.25) is 11.8 Å². The fraction of sp³-hybridized carbons (Fsp3) is 0.174. The second-order valence-electron chi connectivity index (χ2n) is 14.4. The number of nitrogens with zero attached hydrogens (tertiary/aromatic N) is 3. The summed E-state index contributed by atoms with van der Waals surface area (Å²) >= 11 is 0. The van der Waals surface area contributed by atoms with E-state index in [1.54, 1.807) is 60.7 Å². The Morgan fingerprint density at radius 3 is 1.46 bits per heavy atom. The van der Waals surface area contributed by atoms with Gasteiger partial charge in [0.1, 0.15) is 34.4 Å². The number of pyridine rings is 2. The zero-order valence-electron chi connectivity index (χ0n) is 35.8. The van der Waals surface area contributed by atoms with Crippen molar-refractivity contribution < 1.29 is 59.9 Å². The number of amides is 4. The van der Waals surface area contributed by atoms with Crippen molar-refractivity contribution in [2.24, 2.45) is 0 Å². The lowest BCUT2D eigenvalue weighted by molar-refractivity contribution is -0.385. The molecule has 0 fully saturated rings. The molecule has 22 heteroatoms. The first-order chi connectivity index (χ1) is 32.2. The zero-order chi connectivity index (χ0) is 49.6. The summed E-state index contributed by atoms with van der Waals surface area (Å²) < 4.78 is 89.4. The van der Waals surface area contributed by atoms with Gasteiger partial charge >= 0.3 is 12.4 Å². The summed E-state index contributed by atoms with van der Waals surface area (Å²) in [7, 11) is 2.98. The van der Waals surface area contributed by atoms with Crippen LogP contribution >= 0.6 is 0 Å². The number of aromatic nitrogens is 2. The van der Waals surface area contributed by atoms with Crippen LogP contribution in [-0.4, -0.2) is 52.6 Å². The van der Waals surface area contributed by atoms with E-state index >= 15 is 0 Å². The van der Waals surface area contributed by atoms with Crippen LogP contribution < -0.4 is 36.5 Å². The first kappa shape index (κ1) is 50.4. The molecule has 6 aromatic rings. The molecule has 2 aromatic heterocycles. The van der Waals surface area contributed by atoms with Crippen molar-refractivity contribution in [2.75, 3.05) is 30.5 Å². The number of carbonyl (C=O) groups excluding carboxylic acids is 4. The summed E-state index contributed by atoms with van der Waals surface area (Å²) in [5.74, 6) is -0.0684. The van der Waals surface area contributed by atoms with Gasteiger partial charge in [0, 0.05) is 80.7 Å². The van der Waals surface area contributed by atoms with Crippen LogP contribution in [0.4, 0.5) is 49.1 Å². The molecule has 0 bridgehead atoms. The molecular formula is C46H40F6N8O8. The van der Waals surface area contributed by atoms with E-state index in [-0.39, 0.29) is 59.5 Å². The fourth-order valence-electron chi connectivity index (χ4n) is 6.06. The third-order valence-electron chi connectivity index (χ3n) is 9.24. The van der Waals surface area contributed by atoms with Crippen molar-refractivity contribution >= 4 is 46.4 Å². The standard InChI is InChI=1S/C23H19F3N4O5.C23H21F3N4O3/c1-27-22(32)20-13-19(7-8-28-20)35-18-4-2-3-14(9-18)5-6-21(31)29-16-10-15(23(24,25)26)11-17(12-16)30(33)34;1-28-22(32)20-13-19(7-8-29-20)33-18-4-2-3-14(9-18)5-6-21(31)30-17-11-15(23(24,25)26)10-16(27)12-17/h2-4,7-13H,5-6H2,1H3,(H,27,32)(H,29,31);2-4,7-13H,5-6,27H2,1H3,(H,28,32)(H,30,31). The van der Waals surface area contributed by atoms with Crippen molar-refractivity contribution in [3.05, 3.63) is 165 Å². The highest BCUT2D eigenvalue weighted by atomic mass is 19.4. The second-order valence-corrected chi connectivity index (χ2v) is 14.4. The second kappa shape index (κ2) is 22.6. The van der Waals surface area contributed by atoms with Gasteiger partial charge in [0.25, 0.3) is 17.5 Å². The van der Waals surface area contributed by atoms with E-state index in [0.717, 1.165) is 23.8 Å². The third-order valence-corrected chi connectivity index (χ3v) is 9.24. The number of hydrogen-bond acceptors (Lipinski definition) is 11. The van der Waals surface area contributed by atoms with Gasteiger partial charge in [-0.05, 0) is 84.6 Å². The van der Waals surface area contributed by atoms with Crippen LogP contribution in [0.2, 0.25) is 0 Å². The number of hydrogen-bond donors (Lipinski definition) is 5. The number of anilines is 3. The number of non-ortho nitro benzene ring substituents is 1. The molecule has 354 valence electrons. The van der Waals surface area contributed by atoms with E-state index in [4.69, 9.17) is 15.2 Å². The molecule has 0 unspecified atom stereocenters. The van der Waals surface area contributed by atoms with Crippen molar-refractivity contribution in [3.8, 4) is 23.0 Å². The molecule has 0 atom stereocenters. The summed E-state index contributed by atoms with van der Waals surface area (Å²) in [4.78, 5) is 65.9. The number of nitrogens with two attached hydrogens (primary N) is 1. The predicted octanol–water partition coefficient (Wildman–Crippen LogP) is 9.14. The van der Waals surface area contributed by atoms with Gasteiger partial charge in [0.05, 0.1) is 16.1 Å². The van der Waals surface area contributed by atoms with E-state index in [2.05, 4.69) is 31.2 Å². The van der Waals surface area contributed by atoms with Crippen molar-refractivity contribution in [1.82, 2.24) is 20.6 Å². The normalized spacial score (nSPS) is 11.0. The molecule has 0 aliphatic carbocycles. The topological polar surface area (TPSA) is 230 Å². The fourth-order valence-corrected chi connectivity index (χ4v) is 6.06. The first-order valence-electron chi connectivity index (χ1n) is 20.0. The van der Waals surface area contributed by atoms with E-state index < -0.39 is 45.9 Å². The van der Waals surface area contributed by atoms with Crippen LogP contribution in [0.5, 0.6) is 23.0 Å². The molecule has 0 spiro atoms. The predicted molar refractivity (Wildman–Crippen MR) is 236 cm³/mol. The maximum absolute atomic E-state index is 13.0.